The van der Waals surface area contributed by atoms with Crippen LogP contribution in [-0.4, -0.2) is 27.9 Å². The van der Waals surface area contributed by atoms with E-state index in [1.54, 1.807) is 0 Å². The lowest BCUT2D eigenvalue weighted by molar-refractivity contribution is -0.118. The van der Waals surface area contributed by atoms with Crippen molar-refractivity contribution in [2.75, 3.05) is 0 Å². The van der Waals surface area contributed by atoms with Gasteiger partial charge in [0.15, 0.2) is 5.78 Å². The molecule has 0 bridgehead atoms. The van der Waals surface area contributed by atoms with Crippen molar-refractivity contribution in [2.45, 2.75) is 19.9 Å². The maximum Gasteiger partial charge on any atom is 0.259 e. The van der Waals surface area contributed by atoms with Crippen LogP contribution in [0.1, 0.15) is 24.2 Å². The molecule has 16 heavy (non-hydrogen) atoms. The van der Waals surface area contributed by atoms with Gasteiger partial charge in [-0.2, -0.15) is 0 Å². The molecule has 0 aromatic heterocycles. The third kappa shape index (κ3) is 2.50. The number of carbonyl (C=O) groups is 2. The van der Waals surface area contributed by atoms with E-state index < -0.39 is 11.9 Å². The highest BCUT2D eigenvalue weighted by atomic mass is 16.3. The van der Waals surface area contributed by atoms with Crippen molar-refractivity contribution in [3.05, 3.63) is 23.8 Å². The maximum absolute atomic E-state index is 11.6. The lowest BCUT2D eigenvalue weighted by Crippen LogP contribution is -2.37. The van der Waals surface area contributed by atoms with Gasteiger partial charge in [0.1, 0.15) is 17.1 Å². The molecule has 0 aliphatic heterocycles. The third-order valence-electron chi connectivity index (χ3n) is 2.20. The molecular weight excluding hydrogens is 210 g/mol. The van der Waals surface area contributed by atoms with Gasteiger partial charge in [-0.05, 0) is 26.0 Å². The van der Waals surface area contributed by atoms with E-state index in [9.17, 15) is 19.8 Å². The summed E-state index contributed by atoms with van der Waals surface area (Å²) >= 11 is 0. The Hall–Kier alpha value is -2.04. The molecule has 0 aliphatic rings. The van der Waals surface area contributed by atoms with Crippen LogP contribution in [0.4, 0.5) is 0 Å². The number of ketones is 1. The fourth-order valence-electron chi connectivity index (χ4n) is 1.13. The van der Waals surface area contributed by atoms with E-state index in [0.29, 0.717) is 0 Å². The van der Waals surface area contributed by atoms with Crippen LogP contribution in [0.2, 0.25) is 0 Å². The topological polar surface area (TPSA) is 86.6 Å². The second-order valence-electron chi connectivity index (χ2n) is 3.48. The SMILES string of the molecule is CC(=O)C(C)NC(=O)c1c(O)cccc1O. The zero-order valence-electron chi connectivity index (χ0n) is 9.02. The molecule has 0 saturated carbocycles. The number of phenolic OH excluding ortho intramolecular Hbond substituents is 2. The van der Waals surface area contributed by atoms with Crippen molar-refractivity contribution in [3.63, 3.8) is 0 Å². The summed E-state index contributed by atoms with van der Waals surface area (Å²) in [6, 6.07) is 3.32. The Morgan fingerprint density at radius 1 is 1.25 bits per heavy atom. The predicted octanol–water partition coefficient (Wildman–Crippen LogP) is 0.805. The standard InChI is InChI=1S/C11H13NO4/c1-6(7(2)13)12-11(16)10-8(14)4-3-5-9(10)15/h3-6,14-15H,1-2H3,(H,12,16). The molecule has 0 spiro atoms. The van der Waals surface area contributed by atoms with Crippen LogP contribution in [0, 0.1) is 0 Å². The lowest BCUT2D eigenvalue weighted by Gasteiger charge is -2.12. The van der Waals surface area contributed by atoms with E-state index in [1.807, 2.05) is 0 Å². The highest BCUT2D eigenvalue weighted by Crippen LogP contribution is 2.25. The number of nitrogens with one attached hydrogen (secondary N) is 1. The van der Waals surface area contributed by atoms with Crippen LogP contribution in [0.3, 0.4) is 0 Å². The molecule has 0 aliphatic carbocycles. The Balaban J connectivity index is 2.93. The van der Waals surface area contributed by atoms with Crippen molar-refractivity contribution < 1.29 is 19.8 Å². The average molecular weight is 223 g/mol. The molecule has 5 heteroatoms. The summed E-state index contributed by atoms with van der Waals surface area (Å²) < 4.78 is 0. The molecule has 1 aromatic rings. The molecule has 1 rings (SSSR count). The molecule has 3 N–H and O–H groups in total. The summed E-state index contributed by atoms with van der Waals surface area (Å²) in [6.07, 6.45) is 0. The molecule has 0 fully saturated rings. The van der Waals surface area contributed by atoms with Gasteiger partial charge < -0.3 is 15.5 Å². The van der Waals surface area contributed by atoms with Crippen LogP contribution >= 0.6 is 0 Å². The summed E-state index contributed by atoms with van der Waals surface area (Å²) in [4.78, 5) is 22.6. The highest BCUT2D eigenvalue weighted by molar-refractivity contribution is 6.01. The Kier molecular flexibility index (Phi) is 3.50. The van der Waals surface area contributed by atoms with Crippen LogP contribution < -0.4 is 5.32 Å². The normalized spacial score (nSPS) is 11.9. The summed E-state index contributed by atoms with van der Waals surface area (Å²) in [7, 11) is 0. The quantitative estimate of drug-likeness (QED) is 0.707. The van der Waals surface area contributed by atoms with Gasteiger partial charge in [0, 0.05) is 0 Å². The second-order valence-corrected chi connectivity index (χ2v) is 3.48. The number of amides is 1. The van der Waals surface area contributed by atoms with E-state index >= 15 is 0 Å². The number of phenols is 2. The van der Waals surface area contributed by atoms with Gasteiger partial charge in [0.25, 0.3) is 5.91 Å². The molecule has 1 unspecified atom stereocenters. The van der Waals surface area contributed by atoms with E-state index in [-0.39, 0.29) is 22.8 Å². The monoisotopic (exact) mass is 223 g/mol. The van der Waals surface area contributed by atoms with Crippen molar-refractivity contribution in [2.24, 2.45) is 0 Å². The van der Waals surface area contributed by atoms with Crippen LogP contribution in [-0.2, 0) is 4.79 Å². The number of rotatable bonds is 3. The van der Waals surface area contributed by atoms with Crippen molar-refractivity contribution in [1.82, 2.24) is 5.32 Å². The van der Waals surface area contributed by atoms with Gasteiger partial charge in [0.2, 0.25) is 0 Å². The molecule has 0 saturated heterocycles. The van der Waals surface area contributed by atoms with Gasteiger partial charge >= 0.3 is 0 Å². The molecule has 1 amide bonds. The predicted molar refractivity (Wildman–Crippen MR) is 57.4 cm³/mol. The Labute approximate surface area is 92.7 Å². The Bertz CT molecular complexity index is 408. The number of Topliss-reactive ketones (excluding diaryl/α,β-unsaturated/α-hetero) is 1. The minimum Gasteiger partial charge on any atom is -0.507 e. The summed E-state index contributed by atoms with van der Waals surface area (Å²) in [5.41, 5.74) is -0.226. The first-order chi connectivity index (χ1) is 7.43. The molecular formula is C11H13NO4. The smallest absolute Gasteiger partial charge is 0.259 e. The van der Waals surface area contributed by atoms with Crippen molar-refractivity contribution in [3.8, 4) is 11.5 Å². The number of carbonyl (C=O) groups excluding carboxylic acids is 2. The van der Waals surface area contributed by atoms with Gasteiger partial charge in [-0.15, -0.1) is 0 Å². The maximum atomic E-state index is 11.6. The zero-order valence-corrected chi connectivity index (χ0v) is 9.02. The largest absolute Gasteiger partial charge is 0.507 e. The van der Waals surface area contributed by atoms with E-state index in [4.69, 9.17) is 0 Å². The summed E-state index contributed by atoms with van der Waals surface area (Å²) in [5, 5.41) is 21.2. The fraction of sp³-hybridized carbons (Fsp3) is 0.273. The lowest BCUT2D eigenvalue weighted by atomic mass is 10.1. The van der Waals surface area contributed by atoms with E-state index in [2.05, 4.69) is 5.32 Å². The minimum absolute atomic E-state index is 0.205. The molecule has 5 nitrogen and oxygen atoms in total. The summed E-state index contributed by atoms with van der Waals surface area (Å²) in [5.74, 6) is -1.54. The highest BCUT2D eigenvalue weighted by Gasteiger charge is 2.19. The van der Waals surface area contributed by atoms with Crippen molar-refractivity contribution >= 4 is 11.7 Å². The Morgan fingerprint density at radius 2 is 1.75 bits per heavy atom. The molecule has 0 heterocycles. The van der Waals surface area contributed by atoms with Crippen molar-refractivity contribution in [1.29, 1.82) is 0 Å². The first-order valence-electron chi connectivity index (χ1n) is 4.75. The molecule has 86 valence electrons. The number of benzene rings is 1. The van der Waals surface area contributed by atoms with Gasteiger partial charge in [-0.1, -0.05) is 6.07 Å². The van der Waals surface area contributed by atoms with Crippen LogP contribution in [0.5, 0.6) is 11.5 Å². The van der Waals surface area contributed by atoms with Gasteiger partial charge in [0.05, 0.1) is 6.04 Å². The minimum atomic E-state index is -0.682. The van der Waals surface area contributed by atoms with Crippen LogP contribution in [0.15, 0.2) is 18.2 Å². The summed E-state index contributed by atoms with van der Waals surface area (Å²) in [6.45, 7) is 2.87. The van der Waals surface area contributed by atoms with Gasteiger partial charge in [-0.25, -0.2) is 0 Å². The number of aromatic hydroxyl groups is 2. The van der Waals surface area contributed by atoms with Gasteiger partial charge in [-0.3, -0.25) is 9.59 Å². The number of hydrogen-bond acceptors (Lipinski definition) is 4. The zero-order chi connectivity index (χ0) is 12.3. The van der Waals surface area contributed by atoms with Crippen LogP contribution in [0.25, 0.3) is 0 Å². The molecule has 0 radical (unpaired) electrons. The van der Waals surface area contributed by atoms with E-state index in [1.165, 1.54) is 32.0 Å². The first kappa shape index (κ1) is 12.0. The van der Waals surface area contributed by atoms with E-state index in [0.717, 1.165) is 0 Å². The third-order valence-corrected chi connectivity index (χ3v) is 2.20. The number of hydrogen-bond donors (Lipinski definition) is 3. The average Bonchev–Trinajstić information content (AvgIpc) is 2.16. The fourth-order valence-corrected chi connectivity index (χ4v) is 1.13. The second kappa shape index (κ2) is 4.65. The first-order valence-corrected chi connectivity index (χ1v) is 4.75. The molecule has 1 atom stereocenters. The Morgan fingerprint density at radius 3 is 2.19 bits per heavy atom. The molecule has 1 aromatic carbocycles.